The molecule has 0 aromatic carbocycles. The lowest BCUT2D eigenvalue weighted by atomic mass is 9.32. The summed E-state index contributed by atoms with van der Waals surface area (Å²) in [6.45, 7) is 15.7. The van der Waals surface area contributed by atoms with Gasteiger partial charge in [0.1, 0.15) is 5.78 Å². The van der Waals surface area contributed by atoms with Crippen molar-refractivity contribution in [2.75, 3.05) is 0 Å². The number of aliphatic carboxylic acids is 1. The topological polar surface area (TPSA) is 74.6 Å². The first kappa shape index (κ1) is 24.8. The molecular weight excluding hydrogens is 424 g/mol. The fourth-order valence-corrected chi connectivity index (χ4v) is 11.6. The van der Waals surface area contributed by atoms with Crippen LogP contribution >= 0.6 is 0 Å². The van der Waals surface area contributed by atoms with Gasteiger partial charge in [-0.05, 0) is 117 Å². The zero-order valence-electron chi connectivity index (χ0n) is 22.7. The van der Waals surface area contributed by atoms with Crippen LogP contribution in [0.5, 0.6) is 0 Å². The molecule has 0 radical (unpaired) electrons. The highest BCUT2D eigenvalue weighted by molar-refractivity contribution is 5.85. The largest absolute Gasteiger partial charge is 0.481 e. The van der Waals surface area contributed by atoms with Gasteiger partial charge in [0.15, 0.2) is 0 Å². The smallest absolute Gasteiger partial charge is 0.309 e. The van der Waals surface area contributed by atoms with Crippen LogP contribution < -0.4 is 0 Å². The highest BCUT2D eigenvalue weighted by atomic mass is 16.4. The molecule has 0 amide bonds. The molecule has 9 atom stereocenters. The molecule has 0 spiro atoms. The third kappa shape index (κ3) is 2.81. The lowest BCUT2D eigenvalue weighted by Crippen LogP contribution is -2.67. The Morgan fingerprint density at radius 1 is 0.853 bits per heavy atom. The van der Waals surface area contributed by atoms with Gasteiger partial charge in [0.2, 0.25) is 0 Å². The van der Waals surface area contributed by atoms with Gasteiger partial charge in [0.25, 0.3) is 0 Å². The molecule has 5 aliphatic rings. The average molecular weight is 473 g/mol. The Hall–Kier alpha value is -0.900. The quantitative estimate of drug-likeness (QED) is 0.481. The number of Topliss-reactive ketones (excluding diaryl/α,β-unsaturated/α-hetero) is 1. The average Bonchev–Trinajstić information content (AvgIpc) is 3.13. The molecule has 1 unspecified atom stereocenters. The maximum atomic E-state index is 12.9. The van der Waals surface area contributed by atoms with Gasteiger partial charge in [-0.1, -0.05) is 34.6 Å². The van der Waals surface area contributed by atoms with Crippen LogP contribution in [0.4, 0.5) is 0 Å². The molecule has 2 N–H and O–H groups in total. The van der Waals surface area contributed by atoms with Crippen molar-refractivity contribution in [2.24, 2.45) is 56.7 Å². The second kappa shape index (κ2) is 7.11. The minimum atomic E-state index is -0.852. The van der Waals surface area contributed by atoms with Crippen LogP contribution in [0.3, 0.4) is 0 Å². The number of fused-ring (bicyclic) bond motifs is 7. The van der Waals surface area contributed by atoms with Gasteiger partial charge in [0, 0.05) is 11.8 Å². The molecule has 0 aromatic rings. The van der Waals surface area contributed by atoms with Gasteiger partial charge in [-0.15, -0.1) is 0 Å². The van der Waals surface area contributed by atoms with E-state index in [-0.39, 0.29) is 33.5 Å². The Labute approximate surface area is 206 Å². The number of carboxylic acids is 1. The number of hydrogen-bond donors (Lipinski definition) is 2. The lowest BCUT2D eigenvalue weighted by molar-refractivity contribution is -0.240. The van der Waals surface area contributed by atoms with Gasteiger partial charge >= 0.3 is 5.97 Å². The van der Waals surface area contributed by atoms with Crippen LogP contribution in [0.1, 0.15) is 113 Å². The molecule has 0 heterocycles. The summed E-state index contributed by atoms with van der Waals surface area (Å²) in [6, 6.07) is 0. The van der Waals surface area contributed by atoms with Crippen LogP contribution in [-0.2, 0) is 9.59 Å². The van der Waals surface area contributed by atoms with Crippen molar-refractivity contribution in [1.29, 1.82) is 0 Å². The van der Waals surface area contributed by atoms with E-state index in [1.807, 2.05) is 13.8 Å². The zero-order valence-corrected chi connectivity index (χ0v) is 22.7. The van der Waals surface area contributed by atoms with Crippen molar-refractivity contribution in [3.05, 3.63) is 0 Å². The minimum absolute atomic E-state index is 0.0477. The summed E-state index contributed by atoms with van der Waals surface area (Å²) in [6.07, 6.45) is 9.43. The SMILES string of the molecule is CC(C)(O)C1CC[C@]2(C(=O)O)CC[C@]3(C)[C@H](CC[C@H]4[C@@]5(C)CCC(=O)C(C)(C)[C@H]5CC[C@]43C)[C@H]12. The summed E-state index contributed by atoms with van der Waals surface area (Å²) >= 11 is 0. The van der Waals surface area contributed by atoms with Crippen LogP contribution in [-0.4, -0.2) is 27.6 Å². The molecule has 0 saturated heterocycles. The summed E-state index contributed by atoms with van der Waals surface area (Å²) in [4.78, 5) is 25.7. The van der Waals surface area contributed by atoms with Crippen LogP contribution in [0.15, 0.2) is 0 Å². The Morgan fingerprint density at radius 3 is 2.15 bits per heavy atom. The first-order chi connectivity index (χ1) is 15.6. The summed E-state index contributed by atoms with van der Waals surface area (Å²) in [5, 5.41) is 21.7. The molecule has 192 valence electrons. The van der Waals surface area contributed by atoms with Crippen molar-refractivity contribution >= 4 is 11.8 Å². The third-order valence-corrected chi connectivity index (χ3v) is 13.5. The van der Waals surface area contributed by atoms with E-state index in [1.54, 1.807) is 0 Å². The highest BCUT2D eigenvalue weighted by Gasteiger charge is 2.72. The van der Waals surface area contributed by atoms with Crippen LogP contribution in [0, 0.1) is 56.7 Å². The Bertz CT molecular complexity index is 900. The molecule has 0 aromatic heterocycles. The summed E-state index contributed by atoms with van der Waals surface area (Å²) < 4.78 is 0. The van der Waals surface area contributed by atoms with Crippen LogP contribution in [0.25, 0.3) is 0 Å². The molecular formula is C30H48O4. The standard InChI is InChI=1S/C30H48O4/c1-25(2)20-11-14-29(7)21(27(20,5)13-12-22(25)31)9-8-19-23-18(26(3,4)34)10-15-30(23,24(32)33)17-16-28(19,29)6/h18-21,23,34H,8-17H2,1-7H3,(H,32,33)/t18?,19-,20-,21+,23+,27+,28-,29-,30+/m1/s1. The van der Waals surface area contributed by atoms with Crippen molar-refractivity contribution in [3.63, 3.8) is 0 Å². The van der Waals surface area contributed by atoms with Gasteiger partial charge in [-0.3, -0.25) is 9.59 Å². The second-order valence-electron chi connectivity index (χ2n) is 15.1. The van der Waals surface area contributed by atoms with E-state index in [9.17, 15) is 19.8 Å². The number of hydrogen-bond acceptors (Lipinski definition) is 3. The van der Waals surface area contributed by atoms with E-state index >= 15 is 0 Å². The van der Waals surface area contributed by atoms with Crippen molar-refractivity contribution < 1.29 is 19.8 Å². The van der Waals surface area contributed by atoms with E-state index < -0.39 is 17.0 Å². The number of carboxylic acid groups (broad SMARTS) is 1. The first-order valence-electron chi connectivity index (χ1n) is 14.0. The number of carbonyl (C=O) groups is 2. The molecule has 5 aliphatic carbocycles. The van der Waals surface area contributed by atoms with Crippen molar-refractivity contribution in [3.8, 4) is 0 Å². The predicted molar refractivity (Wildman–Crippen MR) is 133 cm³/mol. The van der Waals surface area contributed by atoms with Gasteiger partial charge in [0.05, 0.1) is 11.0 Å². The van der Waals surface area contributed by atoms with Crippen molar-refractivity contribution in [2.45, 2.75) is 118 Å². The van der Waals surface area contributed by atoms with Gasteiger partial charge in [-0.25, -0.2) is 0 Å². The second-order valence-corrected chi connectivity index (χ2v) is 15.1. The number of ketones is 1. The maximum Gasteiger partial charge on any atom is 0.309 e. The Kier molecular flexibility index (Phi) is 5.18. The summed E-state index contributed by atoms with van der Waals surface area (Å²) in [7, 11) is 0. The molecule has 0 bridgehead atoms. The van der Waals surface area contributed by atoms with E-state index in [1.165, 1.54) is 0 Å². The fraction of sp³-hybridized carbons (Fsp3) is 0.933. The van der Waals surface area contributed by atoms with E-state index in [2.05, 4.69) is 34.6 Å². The molecule has 4 heteroatoms. The van der Waals surface area contributed by atoms with Crippen LogP contribution in [0.2, 0.25) is 0 Å². The normalized spacial score (nSPS) is 52.2. The zero-order chi connectivity index (χ0) is 25.1. The highest BCUT2D eigenvalue weighted by Crippen LogP contribution is 2.77. The maximum absolute atomic E-state index is 12.9. The minimum Gasteiger partial charge on any atom is -0.481 e. The molecule has 0 aliphatic heterocycles. The lowest BCUT2D eigenvalue weighted by Gasteiger charge is -2.72. The monoisotopic (exact) mass is 472 g/mol. The van der Waals surface area contributed by atoms with E-state index in [0.717, 1.165) is 51.4 Å². The molecule has 4 nitrogen and oxygen atoms in total. The molecule has 34 heavy (non-hydrogen) atoms. The number of carbonyl (C=O) groups excluding carboxylic acids is 1. The summed E-state index contributed by atoms with van der Waals surface area (Å²) in [5.74, 6) is 1.28. The molecule has 5 rings (SSSR count). The van der Waals surface area contributed by atoms with E-state index in [0.29, 0.717) is 36.4 Å². The van der Waals surface area contributed by atoms with E-state index in [4.69, 9.17) is 0 Å². The van der Waals surface area contributed by atoms with Gasteiger partial charge in [-0.2, -0.15) is 0 Å². The third-order valence-electron chi connectivity index (χ3n) is 13.5. The first-order valence-corrected chi connectivity index (χ1v) is 14.0. The molecule has 5 saturated carbocycles. The number of aliphatic hydroxyl groups is 1. The molecule has 5 fully saturated rings. The predicted octanol–water partition coefficient (Wildman–Crippen LogP) is 6.49. The Morgan fingerprint density at radius 2 is 1.53 bits per heavy atom. The summed E-state index contributed by atoms with van der Waals surface area (Å²) in [5.41, 5.74) is -1.37. The fourth-order valence-electron chi connectivity index (χ4n) is 11.6. The Balaban J connectivity index is 1.58. The van der Waals surface area contributed by atoms with Gasteiger partial charge < -0.3 is 10.2 Å². The number of rotatable bonds is 2. The van der Waals surface area contributed by atoms with Crippen molar-refractivity contribution in [1.82, 2.24) is 0 Å².